The number of hydrogen-bond acceptors (Lipinski definition) is 3. The van der Waals surface area contributed by atoms with Gasteiger partial charge in [-0.05, 0) is 36.8 Å². The van der Waals surface area contributed by atoms with Gasteiger partial charge in [0.1, 0.15) is 11.3 Å². The maximum atomic E-state index is 11.4. The van der Waals surface area contributed by atoms with E-state index in [1.54, 1.807) is 31.3 Å². The van der Waals surface area contributed by atoms with Crippen molar-refractivity contribution < 1.29 is 9.53 Å². The number of halogens is 1. The summed E-state index contributed by atoms with van der Waals surface area (Å²) in [7, 11) is 0. The topological polar surface area (TPSA) is 65.2 Å². The first kappa shape index (κ1) is 12.6. The Labute approximate surface area is 113 Å². The molecule has 1 aromatic heterocycles. The first-order valence-electron chi connectivity index (χ1n) is 5.27. The molecular formula is C13H11BrN2O2. The predicted octanol–water partition coefficient (Wildman–Crippen LogP) is 3.04. The minimum absolute atomic E-state index is 0.223. The molecule has 0 saturated heterocycles. The fourth-order valence-corrected chi connectivity index (χ4v) is 1.93. The van der Waals surface area contributed by atoms with Gasteiger partial charge in [0, 0.05) is 10.7 Å². The number of hydrogen-bond donors (Lipinski definition) is 1. The Kier molecular flexibility index (Phi) is 3.62. The number of aromatic nitrogens is 1. The largest absolute Gasteiger partial charge is 0.438 e. The van der Waals surface area contributed by atoms with Gasteiger partial charge in [0.05, 0.1) is 0 Å². The van der Waals surface area contributed by atoms with Crippen LogP contribution >= 0.6 is 15.9 Å². The number of benzene rings is 1. The number of carbonyl (C=O) groups is 1. The Morgan fingerprint density at radius 2 is 2.17 bits per heavy atom. The summed E-state index contributed by atoms with van der Waals surface area (Å²) in [6.45, 7) is 1.79. The van der Waals surface area contributed by atoms with Gasteiger partial charge < -0.3 is 10.5 Å². The third-order valence-electron chi connectivity index (χ3n) is 2.38. The van der Waals surface area contributed by atoms with Crippen molar-refractivity contribution in [2.24, 2.45) is 5.73 Å². The van der Waals surface area contributed by atoms with E-state index in [0.717, 1.165) is 10.0 Å². The minimum Gasteiger partial charge on any atom is -0.438 e. The predicted molar refractivity (Wildman–Crippen MR) is 71.7 cm³/mol. The highest BCUT2D eigenvalue weighted by Gasteiger charge is 2.14. The van der Waals surface area contributed by atoms with E-state index in [9.17, 15) is 4.79 Å². The van der Waals surface area contributed by atoms with Gasteiger partial charge >= 0.3 is 0 Å². The zero-order valence-electron chi connectivity index (χ0n) is 9.68. The van der Waals surface area contributed by atoms with Crippen molar-refractivity contribution in [3.05, 3.63) is 52.1 Å². The highest BCUT2D eigenvalue weighted by Crippen LogP contribution is 2.26. The van der Waals surface area contributed by atoms with Gasteiger partial charge in [0.15, 0.2) is 0 Å². The molecule has 1 aromatic carbocycles. The molecule has 0 aliphatic rings. The van der Waals surface area contributed by atoms with Crippen LogP contribution in [-0.4, -0.2) is 10.9 Å². The minimum atomic E-state index is -0.550. The summed E-state index contributed by atoms with van der Waals surface area (Å²) in [5.41, 5.74) is 6.37. The molecule has 4 nitrogen and oxygen atoms in total. The number of ether oxygens (including phenoxy) is 1. The SMILES string of the molecule is Cc1ccnc(Oc2cccc(Br)c2)c1C(N)=O. The van der Waals surface area contributed by atoms with Crippen molar-refractivity contribution in [3.63, 3.8) is 0 Å². The number of carbonyl (C=O) groups excluding carboxylic acids is 1. The van der Waals surface area contributed by atoms with E-state index in [-0.39, 0.29) is 5.88 Å². The lowest BCUT2D eigenvalue weighted by atomic mass is 10.1. The lowest BCUT2D eigenvalue weighted by molar-refractivity contribution is 0.0997. The molecule has 1 heterocycles. The molecule has 0 saturated carbocycles. The maximum absolute atomic E-state index is 11.4. The van der Waals surface area contributed by atoms with E-state index in [4.69, 9.17) is 10.5 Å². The normalized spacial score (nSPS) is 10.1. The van der Waals surface area contributed by atoms with Gasteiger partial charge in [-0.1, -0.05) is 22.0 Å². The molecule has 5 heteroatoms. The van der Waals surface area contributed by atoms with Crippen LogP contribution in [0.2, 0.25) is 0 Å². The molecule has 0 aliphatic heterocycles. The van der Waals surface area contributed by atoms with Crippen molar-refractivity contribution in [2.45, 2.75) is 6.92 Å². The summed E-state index contributed by atoms with van der Waals surface area (Å²) >= 11 is 3.35. The van der Waals surface area contributed by atoms with E-state index >= 15 is 0 Å². The summed E-state index contributed by atoms with van der Waals surface area (Å²) in [6.07, 6.45) is 1.58. The standard InChI is InChI=1S/C13H11BrN2O2/c1-8-5-6-16-13(11(8)12(15)17)18-10-4-2-3-9(14)7-10/h2-7H,1H3,(H2,15,17). The van der Waals surface area contributed by atoms with Crippen LogP contribution < -0.4 is 10.5 Å². The van der Waals surface area contributed by atoms with Gasteiger partial charge in [-0.2, -0.15) is 0 Å². The molecule has 0 radical (unpaired) electrons. The molecule has 0 spiro atoms. The number of aryl methyl sites for hydroxylation is 1. The van der Waals surface area contributed by atoms with Crippen molar-refractivity contribution in [1.29, 1.82) is 0 Å². The average molecular weight is 307 g/mol. The van der Waals surface area contributed by atoms with Crippen LogP contribution in [0.3, 0.4) is 0 Å². The van der Waals surface area contributed by atoms with E-state index in [2.05, 4.69) is 20.9 Å². The quantitative estimate of drug-likeness (QED) is 0.948. The molecular weight excluding hydrogens is 296 g/mol. The fourth-order valence-electron chi connectivity index (χ4n) is 1.55. The molecule has 0 aliphatic carbocycles. The molecule has 0 fully saturated rings. The fraction of sp³-hybridized carbons (Fsp3) is 0.0769. The van der Waals surface area contributed by atoms with Crippen LogP contribution in [-0.2, 0) is 0 Å². The summed E-state index contributed by atoms with van der Waals surface area (Å²) in [5, 5.41) is 0. The molecule has 0 bridgehead atoms. The summed E-state index contributed by atoms with van der Waals surface area (Å²) in [5.74, 6) is 0.260. The van der Waals surface area contributed by atoms with E-state index in [1.807, 2.05) is 12.1 Å². The Bertz CT molecular complexity index is 599. The number of primary amides is 1. The number of pyridine rings is 1. The van der Waals surface area contributed by atoms with Gasteiger partial charge in [-0.25, -0.2) is 4.98 Å². The van der Waals surface area contributed by atoms with Gasteiger partial charge in [-0.15, -0.1) is 0 Å². The maximum Gasteiger partial charge on any atom is 0.254 e. The lowest BCUT2D eigenvalue weighted by Crippen LogP contribution is -2.14. The second kappa shape index (κ2) is 5.18. The highest BCUT2D eigenvalue weighted by molar-refractivity contribution is 9.10. The van der Waals surface area contributed by atoms with Gasteiger partial charge in [-0.3, -0.25) is 4.79 Å². The Balaban J connectivity index is 2.40. The highest BCUT2D eigenvalue weighted by atomic mass is 79.9. The number of nitrogens with zero attached hydrogens (tertiary/aromatic N) is 1. The molecule has 18 heavy (non-hydrogen) atoms. The lowest BCUT2D eigenvalue weighted by Gasteiger charge is -2.09. The van der Waals surface area contributed by atoms with Crippen molar-refractivity contribution in [3.8, 4) is 11.6 Å². The van der Waals surface area contributed by atoms with Crippen LogP contribution in [0, 0.1) is 6.92 Å². The van der Waals surface area contributed by atoms with Crippen LogP contribution in [0.5, 0.6) is 11.6 Å². The average Bonchev–Trinajstić information content (AvgIpc) is 2.28. The van der Waals surface area contributed by atoms with Crippen LogP contribution in [0.4, 0.5) is 0 Å². The third kappa shape index (κ3) is 2.68. The number of amides is 1. The summed E-state index contributed by atoms with van der Waals surface area (Å²) in [6, 6.07) is 8.99. The summed E-state index contributed by atoms with van der Waals surface area (Å²) in [4.78, 5) is 15.4. The van der Waals surface area contributed by atoms with Crippen LogP contribution in [0.25, 0.3) is 0 Å². The Hall–Kier alpha value is -1.88. The molecule has 0 unspecified atom stereocenters. The van der Waals surface area contributed by atoms with Gasteiger partial charge in [0.25, 0.3) is 5.91 Å². The van der Waals surface area contributed by atoms with Crippen molar-refractivity contribution >= 4 is 21.8 Å². The van der Waals surface area contributed by atoms with E-state index in [1.165, 1.54) is 0 Å². The van der Waals surface area contributed by atoms with Crippen molar-refractivity contribution in [2.75, 3.05) is 0 Å². The second-order valence-corrected chi connectivity index (χ2v) is 4.65. The first-order chi connectivity index (χ1) is 8.58. The third-order valence-corrected chi connectivity index (χ3v) is 2.87. The van der Waals surface area contributed by atoms with E-state index in [0.29, 0.717) is 11.3 Å². The first-order valence-corrected chi connectivity index (χ1v) is 6.06. The molecule has 2 N–H and O–H groups in total. The molecule has 2 aromatic rings. The zero-order chi connectivity index (χ0) is 13.1. The molecule has 92 valence electrons. The zero-order valence-corrected chi connectivity index (χ0v) is 11.3. The number of nitrogens with two attached hydrogens (primary N) is 1. The second-order valence-electron chi connectivity index (χ2n) is 3.73. The van der Waals surface area contributed by atoms with Crippen molar-refractivity contribution in [1.82, 2.24) is 4.98 Å². The van der Waals surface area contributed by atoms with Crippen LogP contribution in [0.15, 0.2) is 41.0 Å². The monoisotopic (exact) mass is 306 g/mol. The molecule has 0 atom stereocenters. The van der Waals surface area contributed by atoms with Gasteiger partial charge in [0.2, 0.25) is 5.88 Å². The van der Waals surface area contributed by atoms with Crippen LogP contribution in [0.1, 0.15) is 15.9 Å². The molecule has 1 amide bonds. The Morgan fingerprint density at radius 3 is 2.83 bits per heavy atom. The molecule has 2 rings (SSSR count). The van der Waals surface area contributed by atoms with E-state index < -0.39 is 5.91 Å². The smallest absolute Gasteiger partial charge is 0.254 e. The Morgan fingerprint density at radius 1 is 1.39 bits per heavy atom. The number of rotatable bonds is 3. The summed E-state index contributed by atoms with van der Waals surface area (Å²) < 4.78 is 6.47.